The van der Waals surface area contributed by atoms with Crippen molar-refractivity contribution in [1.29, 1.82) is 0 Å². The van der Waals surface area contributed by atoms with Gasteiger partial charge >= 0.3 is 0 Å². The van der Waals surface area contributed by atoms with Gasteiger partial charge in [0, 0.05) is 24.6 Å². The molecule has 0 saturated heterocycles. The van der Waals surface area contributed by atoms with Crippen molar-refractivity contribution in [3.05, 3.63) is 42.7 Å². The zero-order valence-corrected chi connectivity index (χ0v) is 20.7. The van der Waals surface area contributed by atoms with Crippen LogP contribution in [0.15, 0.2) is 42.7 Å². The first-order chi connectivity index (χ1) is 15.4. The van der Waals surface area contributed by atoms with Gasteiger partial charge in [-0.05, 0) is 31.4 Å². The van der Waals surface area contributed by atoms with E-state index in [1.807, 2.05) is 0 Å². The zero-order valence-electron chi connectivity index (χ0n) is 20.7. The van der Waals surface area contributed by atoms with Crippen LogP contribution in [0.25, 0.3) is 0 Å². The van der Waals surface area contributed by atoms with Gasteiger partial charge in [0.2, 0.25) is 0 Å². The second-order valence-electron chi connectivity index (χ2n) is 9.50. The second-order valence-corrected chi connectivity index (χ2v) is 9.50. The van der Waals surface area contributed by atoms with E-state index in [-0.39, 0.29) is 0 Å². The maximum Gasteiger partial charge on any atom is 0.105 e. The molecule has 2 nitrogen and oxygen atoms in total. The van der Waals surface area contributed by atoms with E-state index in [4.69, 9.17) is 0 Å². The molecule has 1 aliphatic heterocycles. The van der Waals surface area contributed by atoms with E-state index in [1.165, 1.54) is 121 Å². The minimum absolute atomic E-state index is 0.507. The molecule has 2 heteroatoms. The van der Waals surface area contributed by atoms with Crippen molar-refractivity contribution >= 4 is 5.69 Å². The Morgan fingerprint density at radius 1 is 0.581 bits per heavy atom. The Hall–Kier alpha value is -1.44. The van der Waals surface area contributed by atoms with Gasteiger partial charge in [0.1, 0.15) is 6.17 Å². The van der Waals surface area contributed by atoms with E-state index < -0.39 is 0 Å². The summed E-state index contributed by atoms with van der Waals surface area (Å²) in [6.07, 6.45) is 28.8. The summed E-state index contributed by atoms with van der Waals surface area (Å²) in [4.78, 5) is 5.12. The fourth-order valence-electron chi connectivity index (χ4n) is 4.79. The average Bonchev–Trinajstić information content (AvgIpc) is 3.20. The normalized spacial score (nSPS) is 15.9. The van der Waals surface area contributed by atoms with Crippen LogP contribution >= 0.6 is 0 Å². The van der Waals surface area contributed by atoms with E-state index in [0.717, 1.165) is 0 Å². The molecule has 0 N–H and O–H groups in total. The van der Waals surface area contributed by atoms with Crippen LogP contribution in [0.1, 0.15) is 123 Å². The molecule has 0 aromatic heterocycles. The first kappa shape index (κ1) is 25.8. The average molecular weight is 427 g/mol. The predicted octanol–water partition coefficient (Wildman–Crippen LogP) is 9.28. The van der Waals surface area contributed by atoms with E-state index in [1.54, 1.807) is 0 Å². The number of anilines is 1. The molecule has 0 spiro atoms. The largest absolute Gasteiger partial charge is 0.356 e. The van der Waals surface area contributed by atoms with Crippen LogP contribution in [0.2, 0.25) is 0 Å². The summed E-state index contributed by atoms with van der Waals surface area (Å²) < 4.78 is 0. The standard InChI is InChI=1S/C29H50N2/c1-3-5-7-9-11-12-13-14-16-21-25-30-26-27-31(28-22-18-17-19-23-28)29(30)24-20-15-10-8-6-4-2/h17-19,22-23,26-27,29H,3-16,20-21,24-25H2,1-2H3. The Balaban J connectivity index is 1.68. The lowest BCUT2D eigenvalue weighted by molar-refractivity contribution is 0.273. The van der Waals surface area contributed by atoms with Crippen molar-refractivity contribution < 1.29 is 0 Å². The summed E-state index contributed by atoms with van der Waals surface area (Å²) in [5.41, 5.74) is 1.33. The number of rotatable bonds is 19. The Morgan fingerprint density at radius 3 is 1.68 bits per heavy atom. The molecule has 0 amide bonds. The summed E-state index contributed by atoms with van der Waals surface area (Å²) in [5, 5.41) is 0. The fraction of sp³-hybridized carbons (Fsp3) is 0.724. The van der Waals surface area contributed by atoms with Crippen molar-refractivity contribution in [3.8, 4) is 0 Å². The highest BCUT2D eigenvalue weighted by Crippen LogP contribution is 2.28. The van der Waals surface area contributed by atoms with E-state index >= 15 is 0 Å². The fourth-order valence-corrected chi connectivity index (χ4v) is 4.79. The van der Waals surface area contributed by atoms with Crippen LogP contribution in [0.3, 0.4) is 0 Å². The van der Waals surface area contributed by atoms with Gasteiger partial charge in [-0.3, -0.25) is 0 Å². The molecule has 0 fully saturated rings. The molecular formula is C29H50N2. The third-order valence-electron chi connectivity index (χ3n) is 6.76. The van der Waals surface area contributed by atoms with Gasteiger partial charge < -0.3 is 9.80 Å². The van der Waals surface area contributed by atoms with Gasteiger partial charge in [0.05, 0.1) is 0 Å². The van der Waals surface area contributed by atoms with Crippen molar-refractivity contribution in [2.75, 3.05) is 11.4 Å². The van der Waals surface area contributed by atoms with Crippen molar-refractivity contribution in [2.45, 2.75) is 129 Å². The Morgan fingerprint density at radius 2 is 1.10 bits per heavy atom. The van der Waals surface area contributed by atoms with Crippen LogP contribution in [0.4, 0.5) is 5.69 Å². The highest BCUT2D eigenvalue weighted by atomic mass is 15.4. The molecular weight excluding hydrogens is 376 g/mol. The SMILES string of the molecule is CCCCCCCCCCCCN1C=CN(c2ccccc2)C1CCCCCCCC. The molecule has 1 atom stereocenters. The van der Waals surface area contributed by atoms with Crippen molar-refractivity contribution in [2.24, 2.45) is 0 Å². The van der Waals surface area contributed by atoms with Gasteiger partial charge in [-0.2, -0.15) is 0 Å². The highest BCUT2D eigenvalue weighted by Gasteiger charge is 2.26. The van der Waals surface area contributed by atoms with Crippen LogP contribution in [0, 0.1) is 0 Å². The molecule has 0 aliphatic carbocycles. The topological polar surface area (TPSA) is 6.48 Å². The molecule has 0 saturated carbocycles. The highest BCUT2D eigenvalue weighted by molar-refractivity contribution is 5.51. The molecule has 1 aromatic rings. The van der Waals surface area contributed by atoms with E-state index in [9.17, 15) is 0 Å². The first-order valence-electron chi connectivity index (χ1n) is 13.6. The summed E-state index contributed by atoms with van der Waals surface area (Å²) in [6, 6.07) is 10.9. The van der Waals surface area contributed by atoms with Crippen molar-refractivity contribution in [1.82, 2.24) is 4.90 Å². The van der Waals surface area contributed by atoms with Gasteiger partial charge in [-0.25, -0.2) is 0 Å². The number of nitrogens with zero attached hydrogens (tertiary/aromatic N) is 2. The van der Waals surface area contributed by atoms with Gasteiger partial charge in [0.15, 0.2) is 0 Å². The molecule has 176 valence electrons. The number of hydrogen-bond acceptors (Lipinski definition) is 2. The molecule has 1 heterocycles. The maximum absolute atomic E-state index is 2.61. The third-order valence-corrected chi connectivity index (χ3v) is 6.76. The molecule has 1 aromatic carbocycles. The maximum atomic E-state index is 2.61. The van der Waals surface area contributed by atoms with Gasteiger partial charge in [-0.1, -0.05) is 122 Å². The molecule has 1 unspecified atom stereocenters. The minimum atomic E-state index is 0.507. The predicted molar refractivity (Wildman–Crippen MR) is 138 cm³/mol. The summed E-state index contributed by atoms with van der Waals surface area (Å²) >= 11 is 0. The van der Waals surface area contributed by atoms with Gasteiger partial charge in [0.25, 0.3) is 0 Å². The number of hydrogen-bond donors (Lipinski definition) is 0. The summed E-state index contributed by atoms with van der Waals surface area (Å²) in [7, 11) is 0. The number of unbranched alkanes of at least 4 members (excludes halogenated alkanes) is 14. The smallest absolute Gasteiger partial charge is 0.105 e. The van der Waals surface area contributed by atoms with E-state index in [0.29, 0.717) is 6.17 Å². The molecule has 0 radical (unpaired) electrons. The Labute approximate surface area is 194 Å². The molecule has 1 aliphatic rings. The molecule has 0 bridgehead atoms. The lowest BCUT2D eigenvalue weighted by Gasteiger charge is -2.33. The monoisotopic (exact) mass is 426 g/mol. The Kier molecular flexibility index (Phi) is 14.3. The number of para-hydroxylation sites is 1. The Bertz CT molecular complexity index is 553. The van der Waals surface area contributed by atoms with Crippen LogP contribution < -0.4 is 4.90 Å². The lowest BCUT2D eigenvalue weighted by atomic mass is 10.1. The van der Waals surface area contributed by atoms with Crippen molar-refractivity contribution in [3.63, 3.8) is 0 Å². The summed E-state index contributed by atoms with van der Waals surface area (Å²) in [6.45, 7) is 5.80. The second kappa shape index (κ2) is 17.2. The lowest BCUT2D eigenvalue weighted by Crippen LogP contribution is -2.39. The zero-order chi connectivity index (χ0) is 22.0. The molecule has 31 heavy (non-hydrogen) atoms. The first-order valence-corrected chi connectivity index (χ1v) is 13.6. The minimum Gasteiger partial charge on any atom is -0.356 e. The van der Waals surface area contributed by atoms with Crippen LogP contribution in [-0.4, -0.2) is 17.6 Å². The summed E-state index contributed by atoms with van der Waals surface area (Å²) in [5.74, 6) is 0. The van der Waals surface area contributed by atoms with Crippen LogP contribution in [0.5, 0.6) is 0 Å². The quantitative estimate of drug-likeness (QED) is 0.203. The van der Waals surface area contributed by atoms with E-state index in [2.05, 4.69) is 66.4 Å². The third kappa shape index (κ3) is 10.6. The van der Waals surface area contributed by atoms with Gasteiger partial charge in [-0.15, -0.1) is 0 Å². The molecule has 2 rings (SSSR count). The van der Waals surface area contributed by atoms with Crippen LogP contribution in [-0.2, 0) is 0 Å². The number of benzene rings is 1.